The van der Waals surface area contributed by atoms with Gasteiger partial charge in [-0.05, 0) is 81.3 Å². The highest BCUT2D eigenvalue weighted by Gasteiger charge is 2.29. The van der Waals surface area contributed by atoms with Gasteiger partial charge < -0.3 is 14.4 Å². The molecule has 0 aliphatic carbocycles. The first kappa shape index (κ1) is 27.1. The number of aryl methyl sites for hydroxylation is 2. The number of aromatic nitrogens is 3. The van der Waals surface area contributed by atoms with Crippen LogP contribution in [-0.4, -0.2) is 25.6 Å². The zero-order chi connectivity index (χ0) is 28.4. The van der Waals surface area contributed by atoms with Crippen LogP contribution in [0.15, 0.2) is 79.0 Å². The molecule has 0 spiro atoms. The van der Waals surface area contributed by atoms with Crippen LogP contribution in [0.5, 0.6) is 5.75 Å². The first-order valence-corrected chi connectivity index (χ1v) is 13.2. The normalized spacial score (nSPS) is 11.6. The lowest BCUT2D eigenvalue weighted by molar-refractivity contribution is -0.146. The molecule has 7 heteroatoms. The third-order valence-electron chi connectivity index (χ3n) is 7.27. The molecule has 0 radical (unpaired) electrons. The molecule has 0 saturated carbocycles. The van der Waals surface area contributed by atoms with Gasteiger partial charge in [-0.25, -0.2) is 4.39 Å². The number of aliphatic carboxylic acids is 1. The van der Waals surface area contributed by atoms with Crippen molar-refractivity contribution in [2.45, 2.75) is 47.3 Å². The van der Waals surface area contributed by atoms with Gasteiger partial charge in [-0.15, -0.1) is 0 Å². The summed E-state index contributed by atoms with van der Waals surface area (Å²) in [4.78, 5) is 20.7. The second kappa shape index (κ2) is 10.9. The van der Waals surface area contributed by atoms with Gasteiger partial charge in [0.2, 0.25) is 0 Å². The van der Waals surface area contributed by atoms with Gasteiger partial charge in [0, 0.05) is 40.8 Å². The Balaban J connectivity index is 1.44. The molecule has 204 valence electrons. The molecule has 0 aliphatic heterocycles. The van der Waals surface area contributed by atoms with Gasteiger partial charge in [0.15, 0.2) is 0 Å². The minimum Gasteiger partial charge on any atom is -0.487 e. The number of ether oxygens (including phenoxy) is 1. The average molecular weight is 538 g/mol. The molecule has 0 amide bonds. The molecule has 0 unspecified atom stereocenters. The molecule has 3 aromatic heterocycles. The molecule has 0 aliphatic rings. The second-order valence-electron chi connectivity index (χ2n) is 10.9. The summed E-state index contributed by atoms with van der Waals surface area (Å²) in [5.41, 5.74) is 6.64. The number of hydrogen-bond acceptors (Lipinski definition) is 4. The standard InChI is InChI=1S/C33H32FN3O3/c1-21-5-11-27(36-22(21)2)20-40-29-12-14-31-25(16-29)15-28(17-33(3,4)32(38)39)37(31)19-23-6-8-24(9-7-23)30-13-10-26(34)18-35-30/h5-16,18H,17,19-20H2,1-4H3,(H,38,39). The van der Waals surface area contributed by atoms with Crippen molar-refractivity contribution in [1.82, 2.24) is 14.5 Å². The number of fused-ring (bicyclic) bond motifs is 1. The van der Waals surface area contributed by atoms with Crippen LogP contribution in [-0.2, 0) is 24.4 Å². The van der Waals surface area contributed by atoms with Crippen LogP contribution < -0.4 is 4.74 Å². The van der Waals surface area contributed by atoms with E-state index in [0.29, 0.717) is 25.3 Å². The Kier molecular flexibility index (Phi) is 7.39. The molecule has 0 bridgehead atoms. The number of rotatable bonds is 9. The molecule has 40 heavy (non-hydrogen) atoms. The van der Waals surface area contributed by atoms with Crippen LogP contribution >= 0.6 is 0 Å². The van der Waals surface area contributed by atoms with Crippen LogP contribution in [0.3, 0.4) is 0 Å². The Morgan fingerprint density at radius 3 is 2.45 bits per heavy atom. The van der Waals surface area contributed by atoms with Crippen molar-refractivity contribution in [3.63, 3.8) is 0 Å². The predicted octanol–water partition coefficient (Wildman–Crippen LogP) is 7.13. The fraction of sp³-hybridized carbons (Fsp3) is 0.242. The summed E-state index contributed by atoms with van der Waals surface area (Å²) in [5, 5.41) is 10.8. The predicted molar refractivity (Wildman–Crippen MR) is 154 cm³/mol. The molecule has 5 aromatic rings. The van der Waals surface area contributed by atoms with Crippen molar-refractivity contribution in [3.8, 4) is 17.0 Å². The summed E-state index contributed by atoms with van der Waals surface area (Å²) < 4.78 is 21.5. The number of hydrogen-bond donors (Lipinski definition) is 1. The highest BCUT2D eigenvalue weighted by molar-refractivity contribution is 5.83. The quantitative estimate of drug-likeness (QED) is 0.216. The molecular formula is C33H32FN3O3. The molecule has 1 N–H and O–H groups in total. The Morgan fingerprint density at radius 2 is 1.77 bits per heavy atom. The summed E-state index contributed by atoms with van der Waals surface area (Å²) in [6, 6.07) is 23.1. The summed E-state index contributed by atoms with van der Waals surface area (Å²) in [7, 11) is 0. The number of pyridine rings is 2. The third-order valence-corrected chi connectivity index (χ3v) is 7.27. The van der Waals surface area contributed by atoms with Gasteiger partial charge in [-0.3, -0.25) is 14.8 Å². The van der Waals surface area contributed by atoms with Gasteiger partial charge >= 0.3 is 5.97 Å². The van der Waals surface area contributed by atoms with Crippen molar-refractivity contribution >= 4 is 16.9 Å². The number of carbonyl (C=O) groups is 1. The molecule has 0 atom stereocenters. The van der Waals surface area contributed by atoms with Crippen molar-refractivity contribution in [2.75, 3.05) is 0 Å². The van der Waals surface area contributed by atoms with E-state index in [1.165, 1.54) is 12.3 Å². The van der Waals surface area contributed by atoms with Crippen LogP contribution in [0.25, 0.3) is 22.2 Å². The largest absolute Gasteiger partial charge is 0.487 e. The van der Waals surface area contributed by atoms with E-state index in [9.17, 15) is 14.3 Å². The molecule has 0 saturated heterocycles. The van der Waals surface area contributed by atoms with E-state index in [1.54, 1.807) is 19.9 Å². The van der Waals surface area contributed by atoms with Gasteiger partial charge in [0.25, 0.3) is 0 Å². The number of carboxylic acid groups (broad SMARTS) is 1. The zero-order valence-corrected chi connectivity index (χ0v) is 23.1. The molecule has 5 rings (SSSR count). The number of halogens is 1. The first-order valence-electron chi connectivity index (χ1n) is 13.2. The fourth-order valence-corrected chi connectivity index (χ4v) is 4.69. The lowest BCUT2D eigenvalue weighted by Gasteiger charge is -2.21. The van der Waals surface area contributed by atoms with Crippen LogP contribution in [0.1, 0.15) is 42.1 Å². The summed E-state index contributed by atoms with van der Waals surface area (Å²) in [6.07, 6.45) is 1.58. The topological polar surface area (TPSA) is 77.2 Å². The number of carboxylic acids is 1. The molecule has 0 fully saturated rings. The van der Waals surface area contributed by atoms with E-state index in [-0.39, 0.29) is 5.82 Å². The van der Waals surface area contributed by atoms with Gasteiger partial charge in [0.1, 0.15) is 18.2 Å². The van der Waals surface area contributed by atoms with E-state index >= 15 is 0 Å². The van der Waals surface area contributed by atoms with Crippen molar-refractivity contribution in [3.05, 3.63) is 113 Å². The fourth-order valence-electron chi connectivity index (χ4n) is 4.69. The van der Waals surface area contributed by atoms with Crippen LogP contribution in [0, 0.1) is 25.1 Å². The summed E-state index contributed by atoms with van der Waals surface area (Å²) in [6.45, 7) is 8.44. The highest BCUT2D eigenvalue weighted by atomic mass is 19.1. The highest BCUT2D eigenvalue weighted by Crippen LogP contribution is 2.31. The van der Waals surface area contributed by atoms with E-state index in [2.05, 4.69) is 20.6 Å². The van der Waals surface area contributed by atoms with E-state index < -0.39 is 11.4 Å². The maximum Gasteiger partial charge on any atom is 0.309 e. The number of benzene rings is 2. The zero-order valence-electron chi connectivity index (χ0n) is 23.1. The summed E-state index contributed by atoms with van der Waals surface area (Å²) >= 11 is 0. The molecule has 6 nitrogen and oxygen atoms in total. The maximum absolute atomic E-state index is 13.3. The lowest BCUT2D eigenvalue weighted by atomic mass is 9.88. The SMILES string of the molecule is Cc1ccc(COc2ccc3c(c2)cc(CC(C)(C)C(=O)O)n3Cc2ccc(-c3ccc(F)cn3)cc2)nc1C. The first-order chi connectivity index (χ1) is 19.1. The number of nitrogens with zero attached hydrogens (tertiary/aromatic N) is 3. The Morgan fingerprint density at radius 1 is 1.00 bits per heavy atom. The van der Waals surface area contributed by atoms with Gasteiger partial charge in [-0.2, -0.15) is 0 Å². The monoisotopic (exact) mass is 537 g/mol. The minimum absolute atomic E-state index is 0.363. The lowest BCUT2D eigenvalue weighted by Crippen LogP contribution is -2.27. The minimum atomic E-state index is -0.932. The second-order valence-corrected chi connectivity index (χ2v) is 10.9. The summed E-state index contributed by atoms with van der Waals surface area (Å²) in [5.74, 6) is -0.484. The van der Waals surface area contributed by atoms with Crippen molar-refractivity contribution < 1.29 is 19.0 Å². The average Bonchev–Trinajstić information content (AvgIpc) is 3.25. The Hall–Kier alpha value is -4.52. The van der Waals surface area contributed by atoms with E-state index in [0.717, 1.165) is 50.4 Å². The maximum atomic E-state index is 13.3. The molecule has 3 heterocycles. The molecular weight excluding hydrogens is 505 g/mol. The van der Waals surface area contributed by atoms with Gasteiger partial charge in [0.05, 0.1) is 23.0 Å². The third kappa shape index (κ3) is 5.88. The van der Waals surface area contributed by atoms with Crippen LogP contribution in [0.4, 0.5) is 4.39 Å². The van der Waals surface area contributed by atoms with Crippen molar-refractivity contribution in [2.24, 2.45) is 5.41 Å². The van der Waals surface area contributed by atoms with E-state index in [1.807, 2.05) is 68.4 Å². The van der Waals surface area contributed by atoms with Crippen molar-refractivity contribution in [1.29, 1.82) is 0 Å². The Bertz CT molecular complexity index is 1670. The van der Waals surface area contributed by atoms with Gasteiger partial charge in [-0.1, -0.05) is 30.3 Å². The molecule has 2 aromatic carbocycles. The smallest absolute Gasteiger partial charge is 0.309 e. The Labute approximate surface area is 233 Å². The van der Waals surface area contributed by atoms with Crippen LogP contribution in [0.2, 0.25) is 0 Å². The van der Waals surface area contributed by atoms with E-state index in [4.69, 9.17) is 4.74 Å².